The van der Waals surface area contributed by atoms with Crippen molar-refractivity contribution in [1.29, 1.82) is 0 Å². The maximum atomic E-state index is 13.7. The van der Waals surface area contributed by atoms with Gasteiger partial charge in [0.15, 0.2) is 0 Å². The molecular weight excluding hydrogens is 406 g/mol. The number of aliphatic hydroxyl groups excluding tert-OH is 1. The van der Waals surface area contributed by atoms with Gasteiger partial charge in [-0.1, -0.05) is 30.3 Å². The second-order valence-corrected chi connectivity index (χ2v) is 6.74. The summed E-state index contributed by atoms with van der Waals surface area (Å²) in [6.45, 7) is -0.164. The molecule has 31 heavy (non-hydrogen) atoms. The van der Waals surface area contributed by atoms with Crippen LogP contribution in [-0.2, 0) is 6.61 Å². The van der Waals surface area contributed by atoms with Crippen molar-refractivity contribution in [2.75, 3.05) is 6.54 Å². The van der Waals surface area contributed by atoms with Crippen LogP contribution in [0.3, 0.4) is 0 Å². The number of carbonyl (C=O) groups is 2. The lowest BCUT2D eigenvalue weighted by molar-refractivity contribution is 0.0913. The van der Waals surface area contributed by atoms with Crippen LogP contribution in [0.4, 0.5) is 8.78 Å². The molecule has 160 valence electrons. The number of carbonyl (C=O) groups excluding carboxylic acids is 2. The number of nitrogens with two attached hydrogens (primary N) is 1. The molecule has 2 amide bonds. The summed E-state index contributed by atoms with van der Waals surface area (Å²) in [5.41, 5.74) is 6.43. The second-order valence-electron chi connectivity index (χ2n) is 6.74. The van der Waals surface area contributed by atoms with E-state index in [1.54, 1.807) is 48.5 Å². The van der Waals surface area contributed by atoms with Gasteiger partial charge in [0.25, 0.3) is 11.8 Å². The first kappa shape index (κ1) is 21.9. The van der Waals surface area contributed by atoms with Crippen LogP contribution in [0.2, 0.25) is 0 Å². The summed E-state index contributed by atoms with van der Waals surface area (Å²) in [6.07, 6.45) is -1.33. The quantitative estimate of drug-likeness (QED) is 0.515. The number of rotatable bonds is 8. The molecule has 0 saturated heterocycles. The van der Waals surface area contributed by atoms with Crippen molar-refractivity contribution in [3.8, 4) is 5.75 Å². The number of amides is 2. The first-order chi connectivity index (χ1) is 14.8. The summed E-state index contributed by atoms with van der Waals surface area (Å²) in [7, 11) is 0. The zero-order valence-electron chi connectivity index (χ0n) is 16.3. The standard InChI is InChI=1S/C23H20F2N2O4/c24-16-8-9-17(19(25)11-16)20(28)12-27-23(30)15-5-3-4-14(10-15)13-31-21-7-2-1-6-18(21)22(26)29/h1-11,20,28H,12-13H2,(H2,26,29)(H,27,30). The Labute approximate surface area is 177 Å². The number of benzene rings is 3. The summed E-state index contributed by atoms with van der Waals surface area (Å²) >= 11 is 0. The molecule has 0 aliphatic carbocycles. The largest absolute Gasteiger partial charge is 0.488 e. The Hall–Kier alpha value is -3.78. The van der Waals surface area contributed by atoms with Gasteiger partial charge in [0.2, 0.25) is 0 Å². The lowest BCUT2D eigenvalue weighted by Gasteiger charge is -2.14. The van der Waals surface area contributed by atoms with E-state index in [0.29, 0.717) is 22.9 Å². The molecule has 3 aromatic rings. The van der Waals surface area contributed by atoms with E-state index in [9.17, 15) is 23.5 Å². The van der Waals surface area contributed by atoms with Crippen LogP contribution in [-0.4, -0.2) is 23.5 Å². The number of hydrogen-bond donors (Lipinski definition) is 3. The van der Waals surface area contributed by atoms with Crippen LogP contribution in [0.1, 0.15) is 37.9 Å². The van der Waals surface area contributed by atoms with Crippen molar-refractivity contribution in [1.82, 2.24) is 5.32 Å². The molecule has 0 aliphatic heterocycles. The van der Waals surface area contributed by atoms with Gasteiger partial charge in [0.05, 0.1) is 11.7 Å². The van der Waals surface area contributed by atoms with Gasteiger partial charge in [-0.05, 0) is 35.9 Å². The van der Waals surface area contributed by atoms with Gasteiger partial charge in [0, 0.05) is 23.7 Å². The molecule has 0 aromatic heterocycles. The Morgan fingerprint density at radius 3 is 2.55 bits per heavy atom. The monoisotopic (exact) mass is 426 g/mol. The Morgan fingerprint density at radius 1 is 1.03 bits per heavy atom. The highest BCUT2D eigenvalue weighted by atomic mass is 19.1. The molecule has 0 heterocycles. The zero-order chi connectivity index (χ0) is 22.4. The molecule has 0 bridgehead atoms. The Morgan fingerprint density at radius 2 is 1.81 bits per heavy atom. The summed E-state index contributed by atoms with van der Waals surface area (Å²) < 4.78 is 32.4. The van der Waals surface area contributed by atoms with Crippen molar-refractivity contribution < 1.29 is 28.2 Å². The fourth-order valence-electron chi connectivity index (χ4n) is 2.93. The molecule has 8 heteroatoms. The second kappa shape index (κ2) is 9.82. The molecule has 0 aliphatic rings. The van der Waals surface area contributed by atoms with Crippen LogP contribution in [0, 0.1) is 11.6 Å². The van der Waals surface area contributed by atoms with E-state index in [2.05, 4.69) is 5.32 Å². The third kappa shape index (κ3) is 5.64. The van der Waals surface area contributed by atoms with E-state index in [0.717, 1.165) is 12.1 Å². The van der Waals surface area contributed by atoms with Gasteiger partial charge in [-0.15, -0.1) is 0 Å². The number of hydrogen-bond acceptors (Lipinski definition) is 4. The molecule has 0 saturated carbocycles. The van der Waals surface area contributed by atoms with Crippen molar-refractivity contribution >= 4 is 11.8 Å². The van der Waals surface area contributed by atoms with E-state index < -0.39 is 29.6 Å². The molecule has 0 spiro atoms. The van der Waals surface area contributed by atoms with E-state index in [4.69, 9.17) is 10.5 Å². The van der Waals surface area contributed by atoms with Crippen molar-refractivity contribution in [2.45, 2.75) is 12.7 Å². The number of primary amides is 1. The highest BCUT2D eigenvalue weighted by Gasteiger charge is 2.16. The Kier molecular flexibility index (Phi) is 6.94. The summed E-state index contributed by atoms with van der Waals surface area (Å²) in [6, 6.07) is 15.9. The number of halogens is 2. The predicted octanol–water partition coefficient (Wildman–Crippen LogP) is 3.11. The van der Waals surface area contributed by atoms with Gasteiger partial charge < -0.3 is 20.9 Å². The fourth-order valence-corrected chi connectivity index (χ4v) is 2.93. The minimum Gasteiger partial charge on any atom is -0.488 e. The predicted molar refractivity (Wildman–Crippen MR) is 109 cm³/mol. The number of para-hydroxylation sites is 1. The smallest absolute Gasteiger partial charge is 0.252 e. The summed E-state index contributed by atoms with van der Waals surface area (Å²) in [4.78, 5) is 23.9. The average Bonchev–Trinajstić information content (AvgIpc) is 2.76. The average molecular weight is 426 g/mol. The van der Waals surface area contributed by atoms with Crippen molar-refractivity contribution in [3.63, 3.8) is 0 Å². The van der Waals surface area contributed by atoms with Crippen LogP contribution < -0.4 is 15.8 Å². The first-order valence-corrected chi connectivity index (χ1v) is 9.37. The summed E-state index contributed by atoms with van der Waals surface area (Å²) in [5.74, 6) is -2.41. The van der Waals surface area contributed by atoms with Crippen molar-refractivity contribution in [3.05, 3.63) is 101 Å². The lowest BCUT2D eigenvalue weighted by Crippen LogP contribution is -2.28. The molecular formula is C23H20F2N2O4. The highest BCUT2D eigenvalue weighted by molar-refractivity contribution is 5.95. The minimum absolute atomic E-state index is 0.0921. The van der Waals surface area contributed by atoms with E-state index >= 15 is 0 Å². The van der Waals surface area contributed by atoms with Gasteiger partial charge in [-0.2, -0.15) is 0 Å². The zero-order valence-corrected chi connectivity index (χ0v) is 16.3. The molecule has 4 N–H and O–H groups in total. The number of aliphatic hydroxyl groups is 1. The van der Waals surface area contributed by atoms with Crippen molar-refractivity contribution in [2.24, 2.45) is 5.73 Å². The number of ether oxygens (including phenoxy) is 1. The summed E-state index contributed by atoms with van der Waals surface area (Å²) in [5, 5.41) is 12.6. The van der Waals surface area contributed by atoms with E-state index in [-0.39, 0.29) is 24.3 Å². The topological polar surface area (TPSA) is 102 Å². The molecule has 3 aromatic carbocycles. The third-order valence-electron chi connectivity index (χ3n) is 4.51. The van der Waals surface area contributed by atoms with Crippen LogP contribution in [0.15, 0.2) is 66.7 Å². The minimum atomic E-state index is -1.33. The number of nitrogens with one attached hydrogen (secondary N) is 1. The molecule has 0 radical (unpaired) electrons. The van der Waals surface area contributed by atoms with Gasteiger partial charge in [-0.25, -0.2) is 8.78 Å². The fraction of sp³-hybridized carbons (Fsp3) is 0.130. The maximum absolute atomic E-state index is 13.7. The van der Waals surface area contributed by atoms with Crippen LogP contribution >= 0.6 is 0 Å². The van der Waals surface area contributed by atoms with Gasteiger partial charge in [-0.3, -0.25) is 9.59 Å². The lowest BCUT2D eigenvalue weighted by atomic mass is 10.1. The molecule has 6 nitrogen and oxygen atoms in total. The normalized spacial score (nSPS) is 11.6. The molecule has 1 unspecified atom stereocenters. The van der Waals surface area contributed by atoms with Gasteiger partial charge in [0.1, 0.15) is 24.0 Å². The van der Waals surface area contributed by atoms with Crippen LogP contribution in [0.5, 0.6) is 5.75 Å². The molecule has 1 atom stereocenters. The van der Waals surface area contributed by atoms with E-state index in [1.165, 1.54) is 0 Å². The Bertz CT molecular complexity index is 1100. The highest BCUT2D eigenvalue weighted by Crippen LogP contribution is 2.20. The maximum Gasteiger partial charge on any atom is 0.252 e. The van der Waals surface area contributed by atoms with Crippen LogP contribution in [0.25, 0.3) is 0 Å². The Balaban J connectivity index is 1.62. The molecule has 0 fully saturated rings. The first-order valence-electron chi connectivity index (χ1n) is 9.37. The third-order valence-corrected chi connectivity index (χ3v) is 4.51. The van der Waals surface area contributed by atoms with Gasteiger partial charge >= 0.3 is 0 Å². The SMILES string of the molecule is NC(=O)c1ccccc1OCc1cccc(C(=O)NCC(O)c2ccc(F)cc2F)c1. The molecule has 3 rings (SSSR count). The van der Waals surface area contributed by atoms with E-state index in [1.807, 2.05) is 0 Å².